The van der Waals surface area contributed by atoms with Crippen molar-refractivity contribution >= 4 is 27.4 Å². The van der Waals surface area contributed by atoms with Crippen LogP contribution in [-0.4, -0.2) is 45.2 Å². The fourth-order valence-electron chi connectivity index (χ4n) is 3.71. The van der Waals surface area contributed by atoms with Crippen molar-refractivity contribution in [3.63, 3.8) is 0 Å². The average molecular weight is 406 g/mol. The molecule has 1 aromatic carbocycles. The maximum atomic E-state index is 14.8. The van der Waals surface area contributed by atoms with E-state index in [4.69, 9.17) is 4.98 Å². The first-order chi connectivity index (χ1) is 14.3. The summed E-state index contributed by atoms with van der Waals surface area (Å²) in [6.45, 7) is 1.81. The third-order valence-electron chi connectivity index (χ3n) is 5.14. The Morgan fingerprint density at radius 3 is 2.69 bits per heavy atom. The molecule has 0 aliphatic carbocycles. The van der Waals surface area contributed by atoms with Crippen LogP contribution < -0.4 is 5.32 Å². The fourth-order valence-corrected chi connectivity index (χ4v) is 4.50. The molecule has 4 heterocycles. The summed E-state index contributed by atoms with van der Waals surface area (Å²) < 4.78 is 15.8. The number of rotatable bonds is 5. The molecule has 2 unspecified atom stereocenters. The first kappa shape index (κ1) is 18.1. The van der Waals surface area contributed by atoms with Crippen molar-refractivity contribution in [3.05, 3.63) is 71.9 Å². The molecule has 3 aromatic heterocycles. The minimum absolute atomic E-state index is 0.302. The normalized spacial score (nSPS) is 19.6. The van der Waals surface area contributed by atoms with Gasteiger partial charge >= 0.3 is 0 Å². The topological polar surface area (TPSA) is 53.9 Å². The molecule has 0 spiro atoms. The minimum atomic E-state index is -0.951. The fraction of sp³-hybridized carbons (Fsp3) is 0.227. The number of fused-ring (bicyclic) bond motifs is 1. The molecule has 2 atom stereocenters. The van der Waals surface area contributed by atoms with E-state index in [0.717, 1.165) is 22.3 Å². The molecule has 0 amide bonds. The monoisotopic (exact) mass is 405 g/mol. The number of alkyl halides is 1. The Balaban J connectivity index is 1.39. The molecule has 5 rings (SSSR count). The number of pyridine rings is 1. The van der Waals surface area contributed by atoms with Crippen LogP contribution in [0.2, 0.25) is 0 Å². The van der Waals surface area contributed by atoms with Crippen LogP contribution in [0.4, 0.5) is 10.2 Å². The van der Waals surface area contributed by atoms with E-state index in [1.54, 1.807) is 23.7 Å². The molecular weight excluding hydrogens is 385 g/mol. The third kappa shape index (κ3) is 3.83. The van der Waals surface area contributed by atoms with Crippen molar-refractivity contribution in [1.82, 2.24) is 19.9 Å². The highest BCUT2D eigenvalue weighted by Gasteiger charge is 2.33. The van der Waals surface area contributed by atoms with Crippen LogP contribution in [0.5, 0.6) is 0 Å². The van der Waals surface area contributed by atoms with Crippen LogP contribution in [0.1, 0.15) is 5.56 Å². The summed E-state index contributed by atoms with van der Waals surface area (Å²) in [5.41, 5.74) is 2.96. The lowest BCUT2D eigenvalue weighted by atomic mass is 10.2. The van der Waals surface area contributed by atoms with Crippen molar-refractivity contribution in [2.45, 2.75) is 18.8 Å². The SMILES string of the molecule is FC1CN(Cc2ccccc2)CC1Nc1nc(-c2ccncc2)nc2ccsc12. The molecule has 7 heteroatoms. The minimum Gasteiger partial charge on any atom is -0.362 e. The molecular formula is C22H20FN5S. The van der Waals surface area contributed by atoms with Crippen molar-refractivity contribution in [3.8, 4) is 11.4 Å². The summed E-state index contributed by atoms with van der Waals surface area (Å²) in [6.07, 6.45) is 2.49. The van der Waals surface area contributed by atoms with Crippen LogP contribution in [0.15, 0.2) is 66.3 Å². The van der Waals surface area contributed by atoms with Gasteiger partial charge in [-0.1, -0.05) is 30.3 Å². The number of likely N-dealkylation sites (tertiary alicyclic amines) is 1. The highest BCUT2D eigenvalue weighted by molar-refractivity contribution is 7.17. The van der Waals surface area contributed by atoms with Gasteiger partial charge in [0.05, 0.1) is 16.3 Å². The van der Waals surface area contributed by atoms with Crippen LogP contribution in [0.25, 0.3) is 21.6 Å². The molecule has 0 bridgehead atoms. The molecule has 0 radical (unpaired) electrons. The van der Waals surface area contributed by atoms with Crippen LogP contribution >= 0.6 is 11.3 Å². The highest BCUT2D eigenvalue weighted by atomic mass is 32.1. The van der Waals surface area contributed by atoms with Crippen LogP contribution in [0.3, 0.4) is 0 Å². The Labute approximate surface area is 172 Å². The molecule has 5 nitrogen and oxygen atoms in total. The number of benzene rings is 1. The molecule has 1 N–H and O–H groups in total. The molecule has 1 fully saturated rings. The number of anilines is 1. The van der Waals surface area contributed by atoms with Crippen molar-refractivity contribution in [2.75, 3.05) is 18.4 Å². The summed E-state index contributed by atoms with van der Waals surface area (Å²) in [6, 6.07) is 15.6. The quantitative estimate of drug-likeness (QED) is 0.534. The number of hydrogen-bond donors (Lipinski definition) is 1. The summed E-state index contributed by atoms with van der Waals surface area (Å²) in [5, 5.41) is 5.36. The Hall–Kier alpha value is -2.90. The molecule has 1 saturated heterocycles. The molecule has 1 aliphatic rings. The summed E-state index contributed by atoms with van der Waals surface area (Å²) >= 11 is 1.57. The van der Waals surface area contributed by atoms with Gasteiger partial charge in [-0.3, -0.25) is 9.88 Å². The van der Waals surface area contributed by atoms with Gasteiger partial charge in [-0.2, -0.15) is 0 Å². The molecule has 0 saturated carbocycles. The summed E-state index contributed by atoms with van der Waals surface area (Å²) in [7, 11) is 0. The summed E-state index contributed by atoms with van der Waals surface area (Å²) in [4.78, 5) is 15.6. The van der Waals surface area contributed by atoms with E-state index in [2.05, 4.69) is 32.3 Å². The first-order valence-corrected chi connectivity index (χ1v) is 10.5. The van der Waals surface area contributed by atoms with Gasteiger partial charge in [0.25, 0.3) is 0 Å². The highest BCUT2D eigenvalue weighted by Crippen LogP contribution is 2.31. The Morgan fingerprint density at radius 2 is 1.86 bits per heavy atom. The second-order valence-corrected chi connectivity index (χ2v) is 8.13. The van der Waals surface area contributed by atoms with E-state index in [1.807, 2.05) is 41.8 Å². The van der Waals surface area contributed by atoms with Crippen molar-refractivity contribution in [2.24, 2.45) is 0 Å². The number of thiophene rings is 1. The average Bonchev–Trinajstić information content (AvgIpc) is 3.36. The maximum absolute atomic E-state index is 14.8. The molecule has 1 aliphatic heterocycles. The van der Waals surface area contributed by atoms with E-state index in [-0.39, 0.29) is 6.04 Å². The lowest BCUT2D eigenvalue weighted by Gasteiger charge is -2.17. The smallest absolute Gasteiger partial charge is 0.162 e. The predicted molar refractivity (Wildman–Crippen MR) is 115 cm³/mol. The zero-order valence-corrected chi connectivity index (χ0v) is 16.5. The standard InChI is InChI=1S/C22H20FN5S/c23-17-13-28(12-15-4-2-1-3-5-15)14-19(17)26-22-20-18(8-11-29-20)25-21(27-22)16-6-9-24-10-7-16/h1-11,17,19H,12-14H2,(H,25,26,27). The van der Waals surface area contributed by atoms with Crippen LogP contribution in [-0.2, 0) is 6.54 Å². The number of nitrogens with zero attached hydrogens (tertiary/aromatic N) is 4. The van der Waals surface area contributed by atoms with Gasteiger partial charge in [0.2, 0.25) is 0 Å². The number of nitrogens with one attached hydrogen (secondary N) is 1. The number of aromatic nitrogens is 3. The Bertz CT molecular complexity index is 1100. The second kappa shape index (κ2) is 7.85. The third-order valence-corrected chi connectivity index (χ3v) is 6.05. The summed E-state index contributed by atoms with van der Waals surface area (Å²) in [5.74, 6) is 1.32. The molecule has 146 valence electrons. The molecule has 29 heavy (non-hydrogen) atoms. The Kier molecular flexibility index (Phi) is 4.91. The van der Waals surface area contributed by atoms with Crippen LogP contribution in [0, 0.1) is 0 Å². The predicted octanol–water partition coefficient (Wildman–Crippen LogP) is 4.39. The second-order valence-electron chi connectivity index (χ2n) is 7.21. The largest absolute Gasteiger partial charge is 0.362 e. The first-order valence-electron chi connectivity index (χ1n) is 9.59. The van der Waals surface area contributed by atoms with Gasteiger partial charge in [0.1, 0.15) is 12.0 Å². The van der Waals surface area contributed by atoms with Gasteiger partial charge in [0, 0.05) is 37.6 Å². The van der Waals surface area contributed by atoms with Gasteiger partial charge in [0.15, 0.2) is 5.82 Å². The van der Waals surface area contributed by atoms with E-state index < -0.39 is 6.17 Å². The van der Waals surface area contributed by atoms with Crippen molar-refractivity contribution in [1.29, 1.82) is 0 Å². The van der Waals surface area contributed by atoms with E-state index in [0.29, 0.717) is 24.7 Å². The Morgan fingerprint density at radius 1 is 1.03 bits per heavy atom. The lowest BCUT2D eigenvalue weighted by Crippen LogP contribution is -2.30. The van der Waals surface area contributed by atoms with E-state index in [1.165, 1.54) is 5.56 Å². The van der Waals surface area contributed by atoms with Gasteiger partial charge < -0.3 is 5.32 Å². The zero-order valence-electron chi connectivity index (χ0n) is 15.7. The van der Waals surface area contributed by atoms with E-state index >= 15 is 0 Å². The van der Waals surface area contributed by atoms with Gasteiger partial charge in [-0.25, -0.2) is 14.4 Å². The number of hydrogen-bond acceptors (Lipinski definition) is 6. The maximum Gasteiger partial charge on any atom is 0.162 e. The lowest BCUT2D eigenvalue weighted by molar-refractivity contribution is 0.281. The van der Waals surface area contributed by atoms with Gasteiger partial charge in [-0.15, -0.1) is 11.3 Å². The van der Waals surface area contributed by atoms with Crippen molar-refractivity contribution < 1.29 is 4.39 Å². The molecule has 4 aromatic rings. The van der Waals surface area contributed by atoms with Gasteiger partial charge in [-0.05, 0) is 29.1 Å². The van der Waals surface area contributed by atoms with E-state index in [9.17, 15) is 4.39 Å². The number of halogens is 1. The zero-order chi connectivity index (χ0) is 19.6.